The Morgan fingerprint density at radius 1 is 1.04 bits per heavy atom. The van der Waals surface area contributed by atoms with Crippen LogP contribution in [0.4, 0.5) is 4.79 Å². The van der Waals surface area contributed by atoms with Gasteiger partial charge >= 0.3 is 12.0 Å². The molecule has 0 spiro atoms. The Balaban J connectivity index is 1.82. The summed E-state index contributed by atoms with van der Waals surface area (Å²) in [6, 6.07) is 4.07. The van der Waals surface area contributed by atoms with Crippen LogP contribution in [0.25, 0.3) is 0 Å². The van der Waals surface area contributed by atoms with E-state index in [2.05, 4.69) is 10.6 Å². The number of imide groups is 1. The highest BCUT2D eigenvalue weighted by atomic mass is 16.5. The molecule has 2 rings (SSSR count). The van der Waals surface area contributed by atoms with Crippen molar-refractivity contribution in [3.63, 3.8) is 0 Å². The molecule has 0 unspecified atom stereocenters. The van der Waals surface area contributed by atoms with E-state index in [4.69, 9.17) is 14.2 Å². The van der Waals surface area contributed by atoms with Gasteiger partial charge < -0.3 is 19.5 Å². The molecule has 1 saturated carbocycles. The van der Waals surface area contributed by atoms with E-state index in [1.165, 1.54) is 26.4 Å². The number of amides is 3. The zero-order valence-corrected chi connectivity index (χ0v) is 14.3. The van der Waals surface area contributed by atoms with Crippen molar-refractivity contribution in [2.45, 2.75) is 31.7 Å². The van der Waals surface area contributed by atoms with Crippen LogP contribution in [0.15, 0.2) is 18.2 Å². The first-order valence-electron chi connectivity index (χ1n) is 8.02. The number of hydrogen-bond acceptors (Lipinski definition) is 6. The lowest BCUT2D eigenvalue weighted by Gasteiger charge is -2.12. The number of benzene rings is 1. The first-order valence-corrected chi connectivity index (χ1v) is 8.02. The number of esters is 1. The molecule has 0 bridgehead atoms. The van der Waals surface area contributed by atoms with Gasteiger partial charge in [0.05, 0.1) is 19.8 Å². The van der Waals surface area contributed by atoms with Crippen molar-refractivity contribution >= 4 is 17.9 Å². The third kappa shape index (κ3) is 5.66. The van der Waals surface area contributed by atoms with Gasteiger partial charge in [0.15, 0.2) is 6.61 Å². The fraction of sp³-hybridized carbons (Fsp3) is 0.471. The number of urea groups is 1. The van der Waals surface area contributed by atoms with Gasteiger partial charge in [-0.2, -0.15) is 0 Å². The van der Waals surface area contributed by atoms with Crippen LogP contribution in [0.1, 0.15) is 36.0 Å². The molecule has 8 heteroatoms. The molecule has 1 aliphatic rings. The topological polar surface area (TPSA) is 103 Å². The van der Waals surface area contributed by atoms with Crippen molar-refractivity contribution in [3.05, 3.63) is 23.8 Å². The Labute approximate surface area is 145 Å². The monoisotopic (exact) mass is 350 g/mol. The molecule has 8 nitrogen and oxygen atoms in total. The molecular formula is C17H22N2O6. The Morgan fingerprint density at radius 3 is 2.20 bits per heavy atom. The number of methoxy groups -OCH3 is 2. The van der Waals surface area contributed by atoms with Crippen LogP contribution in [-0.4, -0.2) is 44.8 Å². The van der Waals surface area contributed by atoms with E-state index in [-0.39, 0.29) is 11.6 Å². The molecule has 0 radical (unpaired) electrons. The van der Waals surface area contributed by atoms with Crippen molar-refractivity contribution in [2.24, 2.45) is 0 Å². The van der Waals surface area contributed by atoms with Crippen LogP contribution in [0.5, 0.6) is 11.5 Å². The Hall–Kier alpha value is -2.77. The van der Waals surface area contributed by atoms with Crippen molar-refractivity contribution in [1.29, 1.82) is 0 Å². The van der Waals surface area contributed by atoms with Crippen LogP contribution in [0.3, 0.4) is 0 Å². The zero-order chi connectivity index (χ0) is 18.2. The van der Waals surface area contributed by atoms with E-state index in [1.807, 2.05) is 0 Å². The highest BCUT2D eigenvalue weighted by molar-refractivity contribution is 5.97. The van der Waals surface area contributed by atoms with Crippen LogP contribution < -0.4 is 20.1 Å². The second-order valence-electron chi connectivity index (χ2n) is 5.68. The second kappa shape index (κ2) is 8.91. The summed E-state index contributed by atoms with van der Waals surface area (Å²) in [5.41, 5.74) is 0.180. The van der Waals surface area contributed by atoms with Gasteiger partial charge in [-0.05, 0) is 25.0 Å². The van der Waals surface area contributed by atoms with Gasteiger partial charge in [-0.1, -0.05) is 12.8 Å². The van der Waals surface area contributed by atoms with E-state index < -0.39 is 24.5 Å². The molecule has 0 aliphatic heterocycles. The summed E-state index contributed by atoms with van der Waals surface area (Å²) >= 11 is 0. The Morgan fingerprint density at radius 2 is 1.64 bits per heavy atom. The number of nitrogens with one attached hydrogen (secondary N) is 2. The number of carbonyl (C=O) groups excluding carboxylic acids is 3. The average Bonchev–Trinajstić information content (AvgIpc) is 3.11. The van der Waals surface area contributed by atoms with E-state index in [0.29, 0.717) is 11.5 Å². The predicted molar refractivity (Wildman–Crippen MR) is 88.8 cm³/mol. The molecule has 1 aromatic carbocycles. The first kappa shape index (κ1) is 18.6. The van der Waals surface area contributed by atoms with Crippen LogP contribution in [0, 0.1) is 0 Å². The molecule has 2 N–H and O–H groups in total. The predicted octanol–water partition coefficient (Wildman–Crippen LogP) is 1.63. The molecule has 0 saturated heterocycles. The minimum Gasteiger partial charge on any atom is -0.497 e. The molecule has 1 aliphatic carbocycles. The Kier molecular flexibility index (Phi) is 6.62. The maximum atomic E-state index is 12.0. The van der Waals surface area contributed by atoms with Gasteiger partial charge in [0.2, 0.25) is 0 Å². The van der Waals surface area contributed by atoms with Crippen LogP contribution >= 0.6 is 0 Å². The minimum absolute atomic E-state index is 0.0969. The molecule has 1 fully saturated rings. The van der Waals surface area contributed by atoms with Gasteiger partial charge in [-0.3, -0.25) is 10.1 Å². The SMILES string of the molecule is COc1cc(OC)cc(C(=O)OCC(=O)NC(=O)NC2CCCC2)c1. The van der Waals surface area contributed by atoms with Gasteiger partial charge in [-0.25, -0.2) is 9.59 Å². The van der Waals surface area contributed by atoms with Crippen molar-refractivity contribution in [2.75, 3.05) is 20.8 Å². The summed E-state index contributed by atoms with van der Waals surface area (Å²) in [6.45, 7) is -0.559. The largest absolute Gasteiger partial charge is 0.497 e. The fourth-order valence-electron chi connectivity index (χ4n) is 2.59. The quantitative estimate of drug-likeness (QED) is 0.756. The molecule has 25 heavy (non-hydrogen) atoms. The minimum atomic E-state index is -0.719. The summed E-state index contributed by atoms with van der Waals surface area (Å²) in [4.78, 5) is 35.4. The number of hydrogen-bond donors (Lipinski definition) is 2. The van der Waals surface area contributed by atoms with Crippen LogP contribution in [-0.2, 0) is 9.53 Å². The number of carbonyl (C=O) groups is 3. The second-order valence-corrected chi connectivity index (χ2v) is 5.68. The van der Waals surface area contributed by atoms with Gasteiger partial charge in [0, 0.05) is 12.1 Å². The number of ether oxygens (including phenoxy) is 3. The standard InChI is InChI=1S/C17H22N2O6/c1-23-13-7-11(8-14(9-13)24-2)16(21)25-10-15(20)19-17(22)18-12-5-3-4-6-12/h7-9,12H,3-6,10H2,1-2H3,(H2,18,19,20,22). The van der Waals surface area contributed by atoms with E-state index in [1.54, 1.807) is 6.07 Å². The summed E-state index contributed by atoms with van der Waals surface area (Å²) < 4.78 is 15.1. The lowest BCUT2D eigenvalue weighted by molar-refractivity contribution is -0.123. The smallest absolute Gasteiger partial charge is 0.338 e. The van der Waals surface area contributed by atoms with Gasteiger partial charge in [0.25, 0.3) is 5.91 Å². The molecule has 136 valence electrons. The molecule has 0 atom stereocenters. The van der Waals surface area contributed by atoms with Crippen molar-refractivity contribution in [3.8, 4) is 11.5 Å². The summed E-state index contributed by atoms with van der Waals surface area (Å²) in [5, 5.41) is 4.86. The lowest BCUT2D eigenvalue weighted by atomic mass is 10.2. The highest BCUT2D eigenvalue weighted by Gasteiger charge is 2.19. The van der Waals surface area contributed by atoms with Crippen molar-refractivity contribution in [1.82, 2.24) is 10.6 Å². The third-order valence-corrected chi connectivity index (χ3v) is 3.86. The zero-order valence-electron chi connectivity index (χ0n) is 14.3. The fourth-order valence-corrected chi connectivity index (χ4v) is 2.59. The van der Waals surface area contributed by atoms with Gasteiger partial charge in [-0.15, -0.1) is 0 Å². The lowest BCUT2D eigenvalue weighted by Crippen LogP contribution is -2.44. The average molecular weight is 350 g/mol. The summed E-state index contributed by atoms with van der Waals surface area (Å²) in [7, 11) is 2.92. The normalized spacial score (nSPS) is 13.8. The van der Waals surface area contributed by atoms with E-state index >= 15 is 0 Å². The maximum absolute atomic E-state index is 12.0. The van der Waals surface area contributed by atoms with E-state index in [9.17, 15) is 14.4 Å². The molecule has 1 aromatic rings. The van der Waals surface area contributed by atoms with Crippen LogP contribution in [0.2, 0.25) is 0 Å². The third-order valence-electron chi connectivity index (χ3n) is 3.86. The molecule has 0 aromatic heterocycles. The molecule has 0 heterocycles. The first-order chi connectivity index (χ1) is 12.0. The van der Waals surface area contributed by atoms with Gasteiger partial charge in [0.1, 0.15) is 11.5 Å². The molecular weight excluding hydrogens is 328 g/mol. The maximum Gasteiger partial charge on any atom is 0.338 e. The molecule has 3 amide bonds. The van der Waals surface area contributed by atoms with Crippen molar-refractivity contribution < 1.29 is 28.6 Å². The number of rotatable bonds is 6. The van der Waals surface area contributed by atoms with E-state index in [0.717, 1.165) is 25.7 Å². The summed E-state index contributed by atoms with van der Waals surface area (Å²) in [5.74, 6) is -0.569. The summed E-state index contributed by atoms with van der Waals surface area (Å²) in [6.07, 6.45) is 3.96. The Bertz CT molecular complexity index is 618. The highest BCUT2D eigenvalue weighted by Crippen LogP contribution is 2.23.